The lowest BCUT2D eigenvalue weighted by atomic mass is 9.96. The number of likely N-dealkylation sites (N-methyl/N-ethyl adjacent to an activating group) is 1. The number of aromatic nitrogens is 1. The molecule has 2 fully saturated rings. The van der Waals surface area contributed by atoms with Crippen molar-refractivity contribution in [3.05, 3.63) is 81.6 Å². The number of halogens is 2. The van der Waals surface area contributed by atoms with E-state index < -0.39 is 42.5 Å². The summed E-state index contributed by atoms with van der Waals surface area (Å²) in [5.41, 5.74) is 4.25. The molecule has 12 heteroatoms. The number of amides is 1. The minimum Gasteiger partial charge on any atom is -0.490 e. The Bertz CT molecular complexity index is 1530. The van der Waals surface area contributed by atoms with E-state index in [0.29, 0.717) is 29.3 Å². The Labute approximate surface area is 284 Å². The second kappa shape index (κ2) is 15.6. The van der Waals surface area contributed by atoms with Gasteiger partial charge in [-0.3, -0.25) is 9.78 Å². The van der Waals surface area contributed by atoms with Crippen LogP contribution in [0.15, 0.2) is 54.9 Å². The van der Waals surface area contributed by atoms with Gasteiger partial charge in [-0.15, -0.1) is 0 Å². The van der Waals surface area contributed by atoms with E-state index in [1.165, 1.54) is 11.9 Å². The van der Waals surface area contributed by atoms with Crippen molar-refractivity contribution in [2.45, 2.75) is 87.7 Å². The lowest BCUT2D eigenvalue weighted by molar-refractivity contribution is -0.157. The molecule has 0 unspecified atom stereocenters. The van der Waals surface area contributed by atoms with Gasteiger partial charge in [0, 0.05) is 47.2 Å². The van der Waals surface area contributed by atoms with Crippen molar-refractivity contribution in [1.29, 1.82) is 0 Å². The highest BCUT2D eigenvalue weighted by molar-refractivity contribution is 6.34. The normalized spacial score (nSPS) is 17.9. The molecular weight excluding hydrogens is 647 g/mol. The highest BCUT2D eigenvalue weighted by Crippen LogP contribution is 2.53. The number of rotatable bonds is 17. The van der Waals surface area contributed by atoms with Crippen LogP contribution in [0.1, 0.15) is 55.2 Å². The van der Waals surface area contributed by atoms with Crippen molar-refractivity contribution in [3.8, 4) is 16.9 Å². The van der Waals surface area contributed by atoms with E-state index in [-0.39, 0.29) is 19.3 Å². The Balaban J connectivity index is 1.16. The number of para-hydroxylation sites is 1. The second-order valence-corrected chi connectivity index (χ2v) is 13.3. The fraction of sp³-hybridized carbons (Fsp3) is 0.486. The third-order valence-corrected chi connectivity index (χ3v) is 9.51. The molecule has 4 atom stereocenters. The Hall–Kier alpha value is -2.80. The van der Waals surface area contributed by atoms with E-state index in [0.717, 1.165) is 59.3 Å². The van der Waals surface area contributed by atoms with Crippen LogP contribution < -0.4 is 4.74 Å². The summed E-state index contributed by atoms with van der Waals surface area (Å²) < 4.78 is 12.8. The summed E-state index contributed by atoms with van der Waals surface area (Å²) in [7, 11) is 1.47. The number of hydrogen-bond acceptors (Lipinski definition) is 9. The molecule has 1 heterocycles. The minimum atomic E-state index is -1.95. The zero-order valence-corrected chi connectivity index (χ0v) is 27.8. The molecule has 0 spiro atoms. The predicted octanol–water partition coefficient (Wildman–Crippen LogP) is 4.02. The number of nitrogens with zero attached hydrogens (tertiary/aromatic N) is 2. The van der Waals surface area contributed by atoms with Crippen LogP contribution >= 0.6 is 23.2 Å². The van der Waals surface area contributed by atoms with Crippen LogP contribution in [0.5, 0.6) is 5.75 Å². The van der Waals surface area contributed by atoms with Gasteiger partial charge < -0.3 is 39.9 Å². The van der Waals surface area contributed by atoms with Crippen LogP contribution in [0.2, 0.25) is 10.0 Å². The van der Waals surface area contributed by atoms with E-state index in [1.54, 1.807) is 6.20 Å². The molecule has 0 aliphatic heterocycles. The fourth-order valence-electron chi connectivity index (χ4n) is 5.57. The molecule has 1 amide bonds. The van der Waals surface area contributed by atoms with Crippen LogP contribution in [0.25, 0.3) is 11.1 Å². The van der Waals surface area contributed by atoms with Crippen molar-refractivity contribution >= 4 is 29.1 Å². The number of carbonyl (C=O) groups excluding carboxylic acids is 1. The van der Waals surface area contributed by atoms with E-state index in [4.69, 9.17) is 37.8 Å². The van der Waals surface area contributed by atoms with Gasteiger partial charge in [0.25, 0.3) is 5.91 Å². The number of aryl methyl sites for hydroxylation is 1. The van der Waals surface area contributed by atoms with Gasteiger partial charge in [0.05, 0.1) is 24.9 Å². The van der Waals surface area contributed by atoms with Gasteiger partial charge >= 0.3 is 0 Å². The average molecular weight is 690 g/mol. The third kappa shape index (κ3) is 8.63. The topological polar surface area (TPSA) is 153 Å². The largest absolute Gasteiger partial charge is 0.490 e. The van der Waals surface area contributed by atoms with Crippen molar-refractivity contribution in [2.75, 3.05) is 20.2 Å². The molecule has 2 aliphatic rings. The molecule has 10 nitrogen and oxygen atoms in total. The molecule has 1 aromatic heterocycles. The van der Waals surface area contributed by atoms with Gasteiger partial charge in [-0.25, -0.2) is 0 Å². The molecule has 0 saturated heterocycles. The lowest BCUT2D eigenvalue weighted by Crippen LogP contribution is -2.52. The third-order valence-electron chi connectivity index (χ3n) is 8.80. The number of carbonyl (C=O) groups is 1. The molecule has 0 radical (unpaired) electrons. The maximum Gasteiger partial charge on any atom is 0.253 e. The van der Waals surface area contributed by atoms with E-state index >= 15 is 0 Å². The molecule has 2 saturated carbocycles. The summed E-state index contributed by atoms with van der Waals surface area (Å²) in [6.45, 7) is -0.277. The maximum atomic E-state index is 12.5. The van der Waals surface area contributed by atoms with Gasteiger partial charge in [0.2, 0.25) is 0 Å². The quantitative estimate of drug-likeness (QED) is 0.132. The van der Waals surface area contributed by atoms with Crippen molar-refractivity contribution in [2.24, 2.45) is 0 Å². The molecule has 254 valence electrons. The first kappa shape index (κ1) is 35.5. The van der Waals surface area contributed by atoms with Crippen molar-refractivity contribution < 1.29 is 39.8 Å². The number of aliphatic hydroxyl groups is 5. The smallest absolute Gasteiger partial charge is 0.253 e. The molecule has 3 aromatic rings. The van der Waals surface area contributed by atoms with Crippen LogP contribution in [-0.2, 0) is 28.2 Å². The molecule has 5 N–H and O–H groups in total. The summed E-state index contributed by atoms with van der Waals surface area (Å²) in [4.78, 5) is 18.1. The predicted molar refractivity (Wildman–Crippen MR) is 177 cm³/mol. The van der Waals surface area contributed by atoms with Crippen molar-refractivity contribution in [1.82, 2.24) is 9.88 Å². The molecule has 2 aliphatic carbocycles. The number of hydrogen-bond donors (Lipinski definition) is 5. The van der Waals surface area contributed by atoms with E-state index in [1.807, 2.05) is 42.6 Å². The Morgan fingerprint density at radius 1 is 1.00 bits per heavy atom. The summed E-state index contributed by atoms with van der Waals surface area (Å²) in [5.74, 6) is 0.0582. The van der Waals surface area contributed by atoms with Gasteiger partial charge in [0.15, 0.2) is 6.10 Å². The Morgan fingerprint density at radius 3 is 2.40 bits per heavy atom. The zero-order chi connectivity index (χ0) is 33.7. The molecule has 2 aromatic carbocycles. The van der Waals surface area contributed by atoms with Crippen LogP contribution in [0.4, 0.5) is 0 Å². The Kier molecular flexibility index (Phi) is 11.8. The monoisotopic (exact) mass is 688 g/mol. The average Bonchev–Trinajstić information content (AvgIpc) is 4.03. The molecular formula is C35H42Cl2N2O8. The SMILES string of the molecule is CN(CCCCc1cc(Cl)c(COC2(c3cnccc3-c3ccccc3OC3CC3)CC2)cc1Cl)C(=O)[C@@H](O)[C@@H](O)[C@H](O)[C@@H](O)CO. The number of benzene rings is 2. The van der Waals surface area contributed by atoms with Gasteiger partial charge in [-0.1, -0.05) is 41.4 Å². The second-order valence-electron chi connectivity index (χ2n) is 12.4. The standard InChI is InChI=1S/C35H42Cl2N2O8/c1-39(34(45)33(44)32(43)31(42)29(41)19-40)15-5-4-6-21-16-28(37)22(17-27(21)36)20-46-35(12-13-35)26-18-38-14-11-24(26)25-7-2-3-8-30(25)47-23-9-10-23/h2-3,7-8,11,14,16-18,23,29,31-33,40-44H,4-6,9-10,12-13,15,19-20H2,1H3/t29-,31+,32-,33-/m0/s1. The number of pyridine rings is 1. The van der Waals surface area contributed by atoms with E-state index in [9.17, 15) is 25.2 Å². The molecule has 5 rings (SSSR count). The fourth-order valence-corrected chi connectivity index (χ4v) is 6.09. The first-order valence-corrected chi connectivity index (χ1v) is 16.7. The summed E-state index contributed by atoms with van der Waals surface area (Å²) in [5, 5.41) is 49.4. The number of unbranched alkanes of at least 4 members (excludes halogenated alkanes) is 1. The highest BCUT2D eigenvalue weighted by atomic mass is 35.5. The number of aliphatic hydroxyl groups excluding tert-OH is 5. The summed E-state index contributed by atoms with van der Waals surface area (Å²) in [6.07, 6.45) is 2.20. The van der Waals surface area contributed by atoms with E-state index in [2.05, 4.69) is 11.1 Å². The Morgan fingerprint density at radius 2 is 1.70 bits per heavy atom. The highest BCUT2D eigenvalue weighted by Gasteiger charge is 2.48. The first-order chi connectivity index (χ1) is 22.5. The van der Waals surface area contributed by atoms with Crippen molar-refractivity contribution in [3.63, 3.8) is 0 Å². The summed E-state index contributed by atoms with van der Waals surface area (Å²) >= 11 is 13.4. The maximum absolute atomic E-state index is 12.5. The zero-order valence-electron chi connectivity index (χ0n) is 26.3. The first-order valence-electron chi connectivity index (χ1n) is 15.9. The lowest BCUT2D eigenvalue weighted by Gasteiger charge is -2.28. The minimum absolute atomic E-state index is 0.272. The van der Waals surface area contributed by atoms with Gasteiger partial charge in [0.1, 0.15) is 24.1 Å². The number of ether oxygens (including phenoxy) is 2. The van der Waals surface area contributed by atoms with Crippen LogP contribution in [0, 0.1) is 0 Å². The van der Waals surface area contributed by atoms with Crippen LogP contribution in [-0.4, -0.2) is 92.0 Å². The summed E-state index contributed by atoms with van der Waals surface area (Å²) in [6, 6.07) is 13.8. The van der Waals surface area contributed by atoms with Crippen LogP contribution in [0.3, 0.4) is 0 Å². The molecule has 47 heavy (non-hydrogen) atoms. The molecule has 0 bridgehead atoms. The van der Waals surface area contributed by atoms with Gasteiger partial charge in [-0.05, 0) is 85.9 Å². The van der Waals surface area contributed by atoms with Gasteiger partial charge in [-0.2, -0.15) is 0 Å².